The van der Waals surface area contributed by atoms with E-state index in [4.69, 9.17) is 0 Å². The van der Waals surface area contributed by atoms with Crippen LogP contribution in [0.4, 0.5) is 0 Å². The average molecular weight is 1100 g/mol. The number of halogens is 6. The van der Waals surface area contributed by atoms with Gasteiger partial charge in [-0.25, -0.2) is 0 Å². The summed E-state index contributed by atoms with van der Waals surface area (Å²) in [6.07, 6.45) is 0. The van der Waals surface area contributed by atoms with E-state index in [9.17, 15) is 10.2 Å². The first-order valence-electron chi connectivity index (χ1n) is 11.3. The normalized spacial score (nSPS) is 10.2. The van der Waals surface area contributed by atoms with E-state index in [0.29, 0.717) is 17.9 Å². The zero-order valence-electron chi connectivity index (χ0n) is 20.1. The third-order valence-corrected chi connectivity index (χ3v) is 17.8. The van der Waals surface area contributed by atoms with Gasteiger partial charge in [0, 0.05) is 8.95 Å². The molecule has 0 fully saturated rings. The number of aromatic hydroxyl groups is 2. The molecule has 2 nitrogen and oxygen atoms in total. The zero-order valence-corrected chi connectivity index (χ0v) is 33.1. The predicted molar refractivity (Wildman–Crippen MR) is 186 cm³/mol. The van der Waals surface area contributed by atoms with Gasteiger partial charge in [0.05, 0.1) is 17.9 Å². The molecule has 0 spiro atoms. The van der Waals surface area contributed by atoms with Crippen molar-refractivity contribution in [2.75, 3.05) is 0 Å². The summed E-state index contributed by atoms with van der Waals surface area (Å²) in [6, 6.07) is 40.1. The molecule has 0 aliphatic rings. The minimum absolute atomic E-state index is 0.225. The molecule has 0 aliphatic heterocycles. The Hall–Kier alpha value is -0.537. The van der Waals surface area contributed by atoms with Crippen LogP contribution in [0.5, 0.6) is 11.5 Å². The Labute approximate surface area is 287 Å². The molecular formula is C30H21BiBr6O2. The van der Waals surface area contributed by atoms with Crippen LogP contribution in [0.1, 0.15) is 0 Å². The maximum absolute atomic E-state index is 9.22. The molecule has 5 aromatic rings. The first kappa shape index (κ1) is 33.0. The van der Waals surface area contributed by atoms with Crippen molar-refractivity contribution >= 4 is 127 Å². The Morgan fingerprint density at radius 2 is 0.615 bits per heavy atom. The van der Waals surface area contributed by atoms with Crippen molar-refractivity contribution in [1.29, 1.82) is 0 Å². The fourth-order valence-electron chi connectivity index (χ4n) is 3.25. The van der Waals surface area contributed by atoms with Gasteiger partial charge in [-0.3, -0.25) is 0 Å². The molecule has 0 aliphatic carbocycles. The van der Waals surface area contributed by atoms with E-state index >= 15 is 0 Å². The molecule has 2 N–H and O–H groups in total. The second-order valence-electron chi connectivity index (χ2n) is 7.78. The van der Waals surface area contributed by atoms with Crippen LogP contribution in [0.15, 0.2) is 142 Å². The van der Waals surface area contributed by atoms with Crippen molar-refractivity contribution in [3.8, 4) is 11.5 Å². The summed E-state index contributed by atoms with van der Waals surface area (Å²) in [6.45, 7) is 0. The number of hydrogen-bond acceptors (Lipinski definition) is 2. The van der Waals surface area contributed by atoms with Crippen molar-refractivity contribution in [3.05, 3.63) is 142 Å². The summed E-state index contributed by atoms with van der Waals surface area (Å²) in [4.78, 5) is 0. The average Bonchev–Trinajstić information content (AvgIpc) is 2.93. The number of phenols is 2. The first-order valence-corrected chi connectivity index (χ1v) is 21.3. The quantitative estimate of drug-likeness (QED) is 0.177. The molecule has 9 heteroatoms. The molecule has 5 rings (SSSR count). The van der Waals surface area contributed by atoms with Gasteiger partial charge in [-0.15, -0.1) is 0 Å². The standard InChI is InChI=1S/2C6H3Br3O.3C6H5.Bi/c2*7-3-1-4(8)6(10)5(9)2-3;3*1-2-4-6-5-3-1;/h2*1-2,10H;3*1-5H;. The van der Waals surface area contributed by atoms with Crippen molar-refractivity contribution in [1.82, 2.24) is 0 Å². The van der Waals surface area contributed by atoms with E-state index in [1.807, 2.05) is 0 Å². The van der Waals surface area contributed by atoms with Gasteiger partial charge in [0.25, 0.3) is 0 Å². The van der Waals surface area contributed by atoms with Crippen LogP contribution in [-0.2, 0) is 0 Å². The van der Waals surface area contributed by atoms with Gasteiger partial charge in [0.1, 0.15) is 11.5 Å². The Morgan fingerprint density at radius 1 is 0.385 bits per heavy atom. The van der Waals surface area contributed by atoms with Gasteiger partial charge in [-0.05, 0) is 88.0 Å². The predicted octanol–water partition coefficient (Wildman–Crippen LogP) is 9.56. The van der Waals surface area contributed by atoms with Crippen molar-refractivity contribution in [2.24, 2.45) is 0 Å². The van der Waals surface area contributed by atoms with Crippen LogP contribution in [0.25, 0.3) is 0 Å². The molecule has 0 heterocycles. The molecular weight excluding hydrogens is 1080 g/mol. The zero-order chi connectivity index (χ0) is 28.4. The van der Waals surface area contributed by atoms with E-state index in [1.165, 1.54) is 9.81 Å². The molecule has 0 saturated carbocycles. The van der Waals surface area contributed by atoms with Crippen LogP contribution in [0.2, 0.25) is 0 Å². The summed E-state index contributed by atoms with van der Waals surface area (Å²) in [5.74, 6) is 0.450. The molecule has 0 aromatic heterocycles. The van der Waals surface area contributed by atoms with E-state index < -0.39 is 21.8 Å². The molecule has 0 bridgehead atoms. The Morgan fingerprint density at radius 3 is 0.846 bits per heavy atom. The third-order valence-electron chi connectivity index (χ3n) is 5.01. The van der Waals surface area contributed by atoms with Crippen LogP contribution in [-0.4, -0.2) is 32.0 Å². The van der Waals surface area contributed by atoms with Gasteiger partial charge in [0.15, 0.2) is 0 Å². The van der Waals surface area contributed by atoms with Gasteiger partial charge in [-0.1, -0.05) is 31.9 Å². The van der Waals surface area contributed by atoms with Gasteiger partial charge in [0.2, 0.25) is 0 Å². The first-order chi connectivity index (χ1) is 18.7. The molecule has 5 aromatic carbocycles. The van der Waals surface area contributed by atoms with Crippen LogP contribution in [0.3, 0.4) is 0 Å². The van der Waals surface area contributed by atoms with Gasteiger partial charge in [-0.2, -0.15) is 0 Å². The molecule has 0 saturated heterocycles. The summed E-state index contributed by atoms with van der Waals surface area (Å²) in [5.41, 5.74) is 0. The van der Waals surface area contributed by atoms with E-state index in [-0.39, 0.29) is 11.5 Å². The summed E-state index contributed by atoms with van der Waals surface area (Å²) >= 11 is 17.2. The molecule has 0 unspecified atom stereocenters. The van der Waals surface area contributed by atoms with Gasteiger partial charge < -0.3 is 10.2 Å². The summed E-state index contributed by atoms with van der Waals surface area (Å²) in [7, 11) is 0. The van der Waals surface area contributed by atoms with E-state index in [1.54, 1.807) is 24.3 Å². The number of phenolic OH excluding ortho intramolecular Hbond substituents is 2. The number of hydrogen-bond donors (Lipinski definition) is 2. The Balaban J connectivity index is 0.000000178. The Kier molecular flexibility index (Phi) is 14.2. The van der Waals surface area contributed by atoms with Crippen LogP contribution < -0.4 is 9.81 Å². The monoisotopic (exact) mass is 1100 g/mol. The summed E-state index contributed by atoms with van der Waals surface area (Å²) < 4.78 is 9.15. The maximum atomic E-state index is 9.22. The number of benzene rings is 5. The second kappa shape index (κ2) is 16.8. The van der Waals surface area contributed by atoms with Crippen molar-refractivity contribution in [2.45, 2.75) is 0 Å². The van der Waals surface area contributed by atoms with Crippen molar-refractivity contribution in [3.63, 3.8) is 0 Å². The summed E-state index contributed by atoms with van der Waals surface area (Å²) in [5, 5.41) is 18.4. The SMILES string of the molecule is Oc1c(Br)cc(Br)cc1Br.Oc1c(Br)cc(Br)cc1Br.c1cc[c]([Bi]([c]2ccccc2)[c]2ccccc2)cc1. The second-order valence-corrected chi connectivity index (χ2v) is 21.7. The van der Waals surface area contributed by atoms with E-state index in [2.05, 4.69) is 187 Å². The van der Waals surface area contributed by atoms with E-state index in [0.717, 1.165) is 8.95 Å². The molecule has 0 atom stereocenters. The van der Waals surface area contributed by atoms with Crippen molar-refractivity contribution < 1.29 is 10.2 Å². The fraction of sp³-hybridized carbons (Fsp3) is 0. The molecule has 0 radical (unpaired) electrons. The number of rotatable bonds is 3. The topological polar surface area (TPSA) is 40.5 Å². The molecule has 0 amide bonds. The van der Waals surface area contributed by atoms with Crippen LogP contribution in [0, 0.1) is 0 Å². The minimum atomic E-state index is -2.06. The Bertz CT molecular complexity index is 1290. The van der Waals surface area contributed by atoms with Crippen LogP contribution >= 0.6 is 95.6 Å². The molecule has 200 valence electrons. The fourth-order valence-corrected chi connectivity index (χ4v) is 16.7. The molecule has 39 heavy (non-hydrogen) atoms. The third kappa shape index (κ3) is 10.4. The van der Waals surface area contributed by atoms with Gasteiger partial charge >= 0.3 is 123 Å².